The SMILES string of the molecule is CC(C)(C)C1CCC(c2n[nH]c(CO)n2)CC1. The van der Waals surface area contributed by atoms with Crippen molar-refractivity contribution in [3.63, 3.8) is 0 Å². The van der Waals surface area contributed by atoms with E-state index >= 15 is 0 Å². The summed E-state index contributed by atoms with van der Waals surface area (Å²) in [6.07, 6.45) is 4.86. The smallest absolute Gasteiger partial charge is 0.153 e. The molecule has 0 bridgehead atoms. The van der Waals surface area contributed by atoms with Crippen LogP contribution in [0.4, 0.5) is 0 Å². The average molecular weight is 237 g/mol. The maximum absolute atomic E-state index is 8.96. The molecule has 0 aliphatic heterocycles. The third-order valence-electron chi connectivity index (χ3n) is 4.02. The Morgan fingerprint density at radius 1 is 1.24 bits per heavy atom. The van der Waals surface area contributed by atoms with Crippen LogP contribution in [-0.2, 0) is 6.61 Å². The van der Waals surface area contributed by atoms with Gasteiger partial charge >= 0.3 is 0 Å². The molecule has 0 aromatic carbocycles. The molecule has 1 saturated carbocycles. The molecule has 1 aromatic heterocycles. The first-order chi connectivity index (χ1) is 8.00. The third kappa shape index (κ3) is 2.86. The molecule has 0 spiro atoms. The lowest BCUT2D eigenvalue weighted by Gasteiger charge is -2.36. The van der Waals surface area contributed by atoms with Crippen molar-refractivity contribution < 1.29 is 5.11 Å². The molecule has 1 aliphatic rings. The molecular weight excluding hydrogens is 214 g/mol. The molecule has 2 rings (SSSR count). The van der Waals surface area contributed by atoms with E-state index in [1.54, 1.807) is 0 Å². The zero-order valence-electron chi connectivity index (χ0n) is 11.0. The van der Waals surface area contributed by atoms with E-state index in [1.807, 2.05) is 0 Å². The number of nitrogens with zero attached hydrogens (tertiary/aromatic N) is 2. The summed E-state index contributed by atoms with van der Waals surface area (Å²) in [5.41, 5.74) is 0.417. The lowest BCUT2D eigenvalue weighted by atomic mass is 9.70. The Labute approximate surface area is 103 Å². The maximum Gasteiger partial charge on any atom is 0.153 e. The van der Waals surface area contributed by atoms with Crippen molar-refractivity contribution in [2.45, 2.75) is 59.0 Å². The van der Waals surface area contributed by atoms with Crippen molar-refractivity contribution in [3.8, 4) is 0 Å². The second kappa shape index (κ2) is 4.77. The first kappa shape index (κ1) is 12.6. The van der Waals surface area contributed by atoms with Gasteiger partial charge in [0.2, 0.25) is 0 Å². The summed E-state index contributed by atoms with van der Waals surface area (Å²) < 4.78 is 0. The van der Waals surface area contributed by atoms with Crippen molar-refractivity contribution in [1.29, 1.82) is 0 Å². The number of rotatable bonds is 2. The van der Waals surface area contributed by atoms with Gasteiger partial charge in [0.25, 0.3) is 0 Å². The summed E-state index contributed by atoms with van der Waals surface area (Å²) in [4.78, 5) is 4.32. The van der Waals surface area contributed by atoms with E-state index < -0.39 is 0 Å². The van der Waals surface area contributed by atoms with Crippen LogP contribution < -0.4 is 0 Å². The topological polar surface area (TPSA) is 61.8 Å². The molecule has 4 nitrogen and oxygen atoms in total. The van der Waals surface area contributed by atoms with Gasteiger partial charge in [0, 0.05) is 5.92 Å². The van der Waals surface area contributed by atoms with E-state index in [9.17, 15) is 0 Å². The lowest BCUT2D eigenvalue weighted by molar-refractivity contribution is 0.167. The van der Waals surface area contributed by atoms with Gasteiger partial charge in [0.05, 0.1) is 0 Å². The molecule has 0 amide bonds. The van der Waals surface area contributed by atoms with Crippen molar-refractivity contribution in [2.75, 3.05) is 0 Å². The van der Waals surface area contributed by atoms with Crippen molar-refractivity contribution >= 4 is 0 Å². The average Bonchev–Trinajstić information content (AvgIpc) is 2.76. The van der Waals surface area contributed by atoms with Crippen molar-refractivity contribution in [3.05, 3.63) is 11.6 Å². The highest BCUT2D eigenvalue weighted by Crippen LogP contribution is 2.42. The molecule has 4 heteroatoms. The van der Waals surface area contributed by atoms with E-state index in [0.29, 0.717) is 17.2 Å². The molecule has 0 saturated heterocycles. The van der Waals surface area contributed by atoms with Gasteiger partial charge in [-0.3, -0.25) is 5.10 Å². The number of hydrogen-bond donors (Lipinski definition) is 2. The van der Waals surface area contributed by atoms with E-state index in [0.717, 1.165) is 11.7 Å². The molecule has 1 fully saturated rings. The molecule has 2 N–H and O–H groups in total. The van der Waals surface area contributed by atoms with Gasteiger partial charge in [-0.2, -0.15) is 5.10 Å². The van der Waals surface area contributed by atoms with Crippen LogP contribution >= 0.6 is 0 Å². The Balaban J connectivity index is 1.95. The molecule has 0 radical (unpaired) electrons. The second-order valence-electron chi connectivity index (χ2n) is 6.21. The fourth-order valence-electron chi connectivity index (χ4n) is 2.78. The van der Waals surface area contributed by atoms with Gasteiger partial charge in [-0.05, 0) is 37.0 Å². The molecular formula is C13H23N3O. The number of nitrogens with one attached hydrogen (secondary N) is 1. The van der Waals surface area contributed by atoms with E-state index in [2.05, 4.69) is 36.0 Å². The predicted octanol–water partition coefficient (Wildman–Crippen LogP) is 2.62. The van der Waals surface area contributed by atoms with Gasteiger partial charge in [-0.15, -0.1) is 0 Å². The lowest BCUT2D eigenvalue weighted by Crippen LogP contribution is -2.25. The standard InChI is InChI=1S/C13H23N3O/c1-13(2,3)10-6-4-9(5-7-10)12-14-11(8-17)15-16-12/h9-10,17H,4-8H2,1-3H3,(H,14,15,16). The Morgan fingerprint density at radius 2 is 1.88 bits per heavy atom. The van der Waals surface area contributed by atoms with Crippen LogP contribution in [0.1, 0.15) is 64.0 Å². The normalized spacial score (nSPS) is 26.1. The fourth-order valence-corrected chi connectivity index (χ4v) is 2.78. The number of aliphatic hydroxyl groups is 1. The van der Waals surface area contributed by atoms with Crippen LogP contribution in [0, 0.1) is 11.3 Å². The number of aromatic amines is 1. The molecule has 1 aromatic rings. The van der Waals surface area contributed by atoms with Crippen LogP contribution in [0.3, 0.4) is 0 Å². The number of aliphatic hydroxyl groups excluding tert-OH is 1. The van der Waals surface area contributed by atoms with Crippen LogP contribution in [0.25, 0.3) is 0 Å². The van der Waals surface area contributed by atoms with Crippen LogP contribution in [0.5, 0.6) is 0 Å². The third-order valence-corrected chi connectivity index (χ3v) is 4.02. The Bertz CT molecular complexity index is 359. The van der Waals surface area contributed by atoms with Crippen LogP contribution in [0.15, 0.2) is 0 Å². The molecule has 0 atom stereocenters. The minimum atomic E-state index is -0.0513. The molecule has 17 heavy (non-hydrogen) atoms. The van der Waals surface area contributed by atoms with Gasteiger partial charge < -0.3 is 5.11 Å². The fraction of sp³-hybridized carbons (Fsp3) is 0.846. The quantitative estimate of drug-likeness (QED) is 0.831. The largest absolute Gasteiger partial charge is 0.388 e. The van der Waals surface area contributed by atoms with Crippen molar-refractivity contribution in [1.82, 2.24) is 15.2 Å². The van der Waals surface area contributed by atoms with Gasteiger partial charge in [-0.25, -0.2) is 4.98 Å². The predicted molar refractivity (Wildman–Crippen MR) is 66.5 cm³/mol. The molecule has 0 unspecified atom stereocenters. The molecule has 1 heterocycles. The van der Waals surface area contributed by atoms with Gasteiger partial charge in [-0.1, -0.05) is 20.8 Å². The maximum atomic E-state index is 8.96. The monoisotopic (exact) mass is 237 g/mol. The highest BCUT2D eigenvalue weighted by Gasteiger charge is 2.31. The Morgan fingerprint density at radius 3 is 2.35 bits per heavy atom. The van der Waals surface area contributed by atoms with E-state index in [4.69, 9.17) is 5.11 Å². The van der Waals surface area contributed by atoms with Gasteiger partial charge in [0.15, 0.2) is 5.82 Å². The van der Waals surface area contributed by atoms with Crippen molar-refractivity contribution in [2.24, 2.45) is 11.3 Å². The Kier molecular flexibility index (Phi) is 3.52. The molecule has 1 aliphatic carbocycles. The second-order valence-corrected chi connectivity index (χ2v) is 6.21. The van der Waals surface area contributed by atoms with E-state index in [1.165, 1.54) is 25.7 Å². The van der Waals surface area contributed by atoms with Crippen LogP contribution in [0.2, 0.25) is 0 Å². The Hall–Kier alpha value is -0.900. The zero-order chi connectivity index (χ0) is 12.5. The number of H-pyrrole nitrogens is 1. The summed E-state index contributed by atoms with van der Waals surface area (Å²) in [5.74, 6) is 2.76. The highest BCUT2D eigenvalue weighted by atomic mass is 16.3. The van der Waals surface area contributed by atoms with Crippen LogP contribution in [-0.4, -0.2) is 20.3 Å². The number of hydrogen-bond acceptors (Lipinski definition) is 3. The summed E-state index contributed by atoms with van der Waals surface area (Å²) in [5, 5.41) is 15.9. The van der Waals surface area contributed by atoms with E-state index in [-0.39, 0.29) is 6.61 Å². The first-order valence-corrected chi connectivity index (χ1v) is 6.52. The highest BCUT2D eigenvalue weighted by molar-refractivity contribution is 5.00. The number of aromatic nitrogens is 3. The molecule has 96 valence electrons. The summed E-state index contributed by atoms with van der Waals surface area (Å²) in [7, 11) is 0. The summed E-state index contributed by atoms with van der Waals surface area (Å²) in [6, 6.07) is 0. The zero-order valence-corrected chi connectivity index (χ0v) is 11.0. The first-order valence-electron chi connectivity index (χ1n) is 6.52. The summed E-state index contributed by atoms with van der Waals surface area (Å²) in [6.45, 7) is 6.93. The van der Waals surface area contributed by atoms with Gasteiger partial charge in [0.1, 0.15) is 12.4 Å². The minimum absolute atomic E-state index is 0.0513. The minimum Gasteiger partial charge on any atom is -0.388 e. The summed E-state index contributed by atoms with van der Waals surface area (Å²) >= 11 is 0.